The summed E-state index contributed by atoms with van der Waals surface area (Å²) in [4.78, 5) is 0. The van der Waals surface area contributed by atoms with Gasteiger partial charge in [-0.25, -0.2) is 4.39 Å². The average molecular weight is 259 g/mol. The van der Waals surface area contributed by atoms with Crippen molar-refractivity contribution >= 4 is 0 Å². The van der Waals surface area contributed by atoms with Gasteiger partial charge in [0.2, 0.25) is 0 Å². The van der Waals surface area contributed by atoms with Crippen LogP contribution in [0.5, 0.6) is 5.75 Å². The minimum Gasteiger partial charge on any atom is -0.508 e. The Balaban J connectivity index is 2.05. The lowest BCUT2D eigenvalue weighted by molar-refractivity contribution is 0.446. The second kappa shape index (κ2) is 5.85. The average Bonchev–Trinajstić information content (AvgIpc) is 2.37. The smallest absolute Gasteiger partial charge is 0.126 e. The third kappa shape index (κ3) is 3.32. The number of aromatic hydroxyl groups is 1. The predicted octanol–water partition coefficient (Wildman–Crippen LogP) is 3.69. The lowest BCUT2D eigenvalue weighted by Crippen LogP contribution is -2.18. The molecule has 0 heterocycles. The lowest BCUT2D eigenvalue weighted by atomic mass is 10.1. The van der Waals surface area contributed by atoms with Gasteiger partial charge in [0.15, 0.2) is 0 Å². The summed E-state index contributed by atoms with van der Waals surface area (Å²) in [5, 5.41) is 13.1. The van der Waals surface area contributed by atoms with Crippen LogP contribution in [-0.4, -0.2) is 5.11 Å². The maximum Gasteiger partial charge on any atom is 0.126 e. The summed E-state index contributed by atoms with van der Waals surface area (Å²) >= 11 is 0. The van der Waals surface area contributed by atoms with E-state index in [-0.39, 0.29) is 11.8 Å². The van der Waals surface area contributed by atoms with E-state index in [4.69, 9.17) is 0 Å². The molecule has 0 aliphatic carbocycles. The lowest BCUT2D eigenvalue weighted by Gasteiger charge is -2.16. The van der Waals surface area contributed by atoms with Gasteiger partial charge in [0, 0.05) is 24.2 Å². The number of halogens is 1. The van der Waals surface area contributed by atoms with Gasteiger partial charge >= 0.3 is 0 Å². The number of hydrogen-bond acceptors (Lipinski definition) is 2. The summed E-state index contributed by atoms with van der Waals surface area (Å²) in [6.07, 6.45) is 0. The normalized spacial score (nSPS) is 12.4. The molecule has 0 amide bonds. The molecule has 2 aromatic rings. The van der Waals surface area contributed by atoms with Crippen molar-refractivity contribution in [2.45, 2.75) is 26.4 Å². The standard InChI is InChI=1S/C16H18FNO/c1-11-5-3-4-6-13(11)10-18-12(2)15-8-7-14(17)9-16(15)19/h3-9,12,18-19H,10H2,1-2H3. The van der Waals surface area contributed by atoms with Gasteiger partial charge < -0.3 is 10.4 Å². The van der Waals surface area contributed by atoms with Crippen molar-refractivity contribution in [3.63, 3.8) is 0 Å². The molecule has 0 fully saturated rings. The van der Waals surface area contributed by atoms with Crippen LogP contribution >= 0.6 is 0 Å². The van der Waals surface area contributed by atoms with Crippen molar-refractivity contribution in [2.75, 3.05) is 0 Å². The third-order valence-corrected chi connectivity index (χ3v) is 3.32. The summed E-state index contributed by atoms with van der Waals surface area (Å²) in [7, 11) is 0. The number of nitrogens with one attached hydrogen (secondary N) is 1. The van der Waals surface area contributed by atoms with Crippen LogP contribution in [0, 0.1) is 12.7 Å². The van der Waals surface area contributed by atoms with Crippen LogP contribution in [0.2, 0.25) is 0 Å². The Bertz CT molecular complexity index is 568. The first-order valence-corrected chi connectivity index (χ1v) is 6.34. The summed E-state index contributed by atoms with van der Waals surface area (Å²) in [5.41, 5.74) is 3.15. The van der Waals surface area contributed by atoms with E-state index in [1.165, 1.54) is 17.2 Å². The van der Waals surface area contributed by atoms with Crippen LogP contribution in [0.15, 0.2) is 42.5 Å². The highest BCUT2D eigenvalue weighted by atomic mass is 19.1. The van der Waals surface area contributed by atoms with Crippen LogP contribution in [0.1, 0.15) is 29.7 Å². The Hall–Kier alpha value is -1.87. The molecule has 0 radical (unpaired) electrons. The molecular formula is C16H18FNO. The second-order valence-corrected chi connectivity index (χ2v) is 4.73. The highest BCUT2D eigenvalue weighted by molar-refractivity contribution is 5.35. The maximum absolute atomic E-state index is 12.9. The monoisotopic (exact) mass is 259 g/mol. The van der Waals surface area contributed by atoms with Gasteiger partial charge in [-0.3, -0.25) is 0 Å². The Morgan fingerprint density at radius 2 is 1.95 bits per heavy atom. The van der Waals surface area contributed by atoms with Crippen molar-refractivity contribution in [2.24, 2.45) is 0 Å². The highest BCUT2D eigenvalue weighted by Gasteiger charge is 2.10. The van der Waals surface area contributed by atoms with E-state index >= 15 is 0 Å². The van der Waals surface area contributed by atoms with Gasteiger partial charge in [-0.15, -0.1) is 0 Å². The Morgan fingerprint density at radius 1 is 1.21 bits per heavy atom. The van der Waals surface area contributed by atoms with E-state index in [0.717, 1.165) is 6.07 Å². The molecule has 0 saturated carbocycles. The summed E-state index contributed by atoms with van der Waals surface area (Å²) in [5.74, 6) is -0.433. The third-order valence-electron chi connectivity index (χ3n) is 3.32. The van der Waals surface area contributed by atoms with Crippen LogP contribution in [0.25, 0.3) is 0 Å². The zero-order valence-electron chi connectivity index (χ0n) is 11.2. The first kappa shape index (κ1) is 13.6. The fourth-order valence-electron chi connectivity index (χ4n) is 2.06. The van der Waals surface area contributed by atoms with Gasteiger partial charge in [-0.1, -0.05) is 30.3 Å². The molecule has 0 aromatic heterocycles. The molecule has 2 N–H and O–H groups in total. The zero-order chi connectivity index (χ0) is 13.8. The fraction of sp³-hybridized carbons (Fsp3) is 0.250. The van der Waals surface area contributed by atoms with Crippen molar-refractivity contribution < 1.29 is 9.50 Å². The number of phenols is 1. The molecule has 0 saturated heterocycles. The molecule has 0 spiro atoms. The van der Waals surface area contributed by atoms with Crippen molar-refractivity contribution in [1.29, 1.82) is 0 Å². The van der Waals surface area contributed by atoms with E-state index in [1.807, 2.05) is 19.1 Å². The minimum absolute atomic E-state index is 0.00946. The van der Waals surface area contributed by atoms with Crippen molar-refractivity contribution in [3.8, 4) is 5.75 Å². The molecule has 2 rings (SSSR count). The second-order valence-electron chi connectivity index (χ2n) is 4.73. The summed E-state index contributed by atoms with van der Waals surface area (Å²) in [6.45, 7) is 4.73. The molecule has 0 aliphatic heterocycles. The van der Waals surface area contributed by atoms with Crippen molar-refractivity contribution in [3.05, 3.63) is 65.0 Å². The number of benzene rings is 2. The van der Waals surface area contributed by atoms with E-state index in [9.17, 15) is 9.50 Å². The van der Waals surface area contributed by atoms with E-state index in [1.54, 1.807) is 6.07 Å². The largest absolute Gasteiger partial charge is 0.508 e. The van der Waals surface area contributed by atoms with E-state index < -0.39 is 5.82 Å². The summed E-state index contributed by atoms with van der Waals surface area (Å²) < 4.78 is 12.9. The first-order valence-electron chi connectivity index (χ1n) is 6.34. The first-order chi connectivity index (χ1) is 9.08. The number of hydrogen-bond donors (Lipinski definition) is 2. The number of aryl methyl sites for hydroxylation is 1. The zero-order valence-corrected chi connectivity index (χ0v) is 11.2. The molecule has 0 bridgehead atoms. The SMILES string of the molecule is Cc1ccccc1CNC(C)c1ccc(F)cc1O. The molecule has 2 aromatic carbocycles. The molecule has 100 valence electrons. The molecule has 19 heavy (non-hydrogen) atoms. The fourth-order valence-corrected chi connectivity index (χ4v) is 2.06. The van der Waals surface area contributed by atoms with Gasteiger partial charge in [0.05, 0.1) is 0 Å². The molecule has 1 atom stereocenters. The topological polar surface area (TPSA) is 32.3 Å². The molecule has 0 aliphatic rings. The van der Waals surface area contributed by atoms with Crippen LogP contribution in [0.3, 0.4) is 0 Å². The van der Waals surface area contributed by atoms with Crippen molar-refractivity contribution in [1.82, 2.24) is 5.32 Å². The van der Waals surface area contributed by atoms with Crippen LogP contribution in [-0.2, 0) is 6.54 Å². The molecule has 3 heteroatoms. The molecule has 1 unspecified atom stereocenters. The van der Waals surface area contributed by atoms with Gasteiger partial charge in [0.25, 0.3) is 0 Å². The highest BCUT2D eigenvalue weighted by Crippen LogP contribution is 2.25. The number of phenolic OH excluding ortho intramolecular Hbond substituents is 1. The van der Waals surface area contributed by atoms with E-state index in [2.05, 4.69) is 24.4 Å². The van der Waals surface area contributed by atoms with Gasteiger partial charge in [-0.05, 0) is 31.0 Å². The predicted molar refractivity (Wildman–Crippen MR) is 74.5 cm³/mol. The van der Waals surface area contributed by atoms with Crippen LogP contribution < -0.4 is 5.32 Å². The van der Waals surface area contributed by atoms with Gasteiger partial charge in [-0.2, -0.15) is 0 Å². The number of rotatable bonds is 4. The Morgan fingerprint density at radius 3 is 2.63 bits per heavy atom. The van der Waals surface area contributed by atoms with E-state index in [0.29, 0.717) is 12.1 Å². The van der Waals surface area contributed by atoms with Crippen LogP contribution in [0.4, 0.5) is 4.39 Å². The Labute approximate surface area is 112 Å². The summed E-state index contributed by atoms with van der Waals surface area (Å²) in [6, 6.07) is 12.2. The minimum atomic E-state index is -0.424. The Kier molecular flexibility index (Phi) is 4.17. The van der Waals surface area contributed by atoms with Gasteiger partial charge in [0.1, 0.15) is 11.6 Å². The molecular weight excluding hydrogens is 241 g/mol. The maximum atomic E-state index is 12.9. The quantitative estimate of drug-likeness (QED) is 0.877. The molecule has 2 nitrogen and oxygen atoms in total.